The molecule has 1 amide bonds. The molecule has 1 aromatic carbocycles. The van der Waals surface area contributed by atoms with Gasteiger partial charge in [0.15, 0.2) is 5.57 Å². The van der Waals surface area contributed by atoms with E-state index in [0.717, 1.165) is 5.56 Å². The predicted molar refractivity (Wildman–Crippen MR) is 102 cm³/mol. The maximum absolute atomic E-state index is 12.4. The van der Waals surface area contributed by atoms with Gasteiger partial charge in [0.25, 0.3) is 0 Å². The van der Waals surface area contributed by atoms with E-state index in [1.54, 1.807) is 42.7 Å². The fraction of sp³-hybridized carbons (Fsp3) is 0.100. The molecule has 9 heteroatoms. The maximum Gasteiger partial charge on any atom is 0.340 e. The molecule has 0 saturated carbocycles. The maximum atomic E-state index is 12.4. The van der Waals surface area contributed by atoms with E-state index in [1.807, 2.05) is 0 Å². The number of para-hydroxylation sites is 1. The molecule has 0 spiro atoms. The second-order valence-corrected chi connectivity index (χ2v) is 5.51. The van der Waals surface area contributed by atoms with Crippen LogP contribution in [0, 0.1) is 34.0 Å². The number of pyridine rings is 1. The Morgan fingerprint density at radius 2 is 1.72 bits per heavy atom. The summed E-state index contributed by atoms with van der Waals surface area (Å²) in [5.41, 5.74) is 0.108. The second kappa shape index (κ2) is 9.86. The molecule has 0 aliphatic heterocycles. The third kappa shape index (κ3) is 5.16. The van der Waals surface area contributed by atoms with E-state index in [4.69, 9.17) is 15.3 Å². The van der Waals surface area contributed by atoms with Gasteiger partial charge in [-0.15, -0.1) is 0 Å². The minimum absolute atomic E-state index is 0.0113. The van der Waals surface area contributed by atoms with Crippen LogP contribution in [-0.2, 0) is 16.0 Å². The zero-order valence-corrected chi connectivity index (χ0v) is 15.3. The van der Waals surface area contributed by atoms with Gasteiger partial charge < -0.3 is 15.4 Å². The van der Waals surface area contributed by atoms with Crippen molar-refractivity contribution in [3.05, 3.63) is 65.1 Å². The molecule has 0 radical (unpaired) electrons. The predicted octanol–water partition coefficient (Wildman–Crippen LogP) is 2.29. The number of methoxy groups -OCH3 is 1. The lowest BCUT2D eigenvalue weighted by Crippen LogP contribution is -2.18. The Hall–Kier alpha value is -4.68. The van der Waals surface area contributed by atoms with Gasteiger partial charge in [0, 0.05) is 12.4 Å². The fourth-order valence-electron chi connectivity index (χ4n) is 2.36. The lowest BCUT2D eigenvalue weighted by Gasteiger charge is -2.16. The number of rotatable bonds is 6. The number of aromatic nitrogens is 1. The number of benzene rings is 1. The van der Waals surface area contributed by atoms with Crippen molar-refractivity contribution in [2.75, 3.05) is 17.7 Å². The Morgan fingerprint density at radius 1 is 1.03 bits per heavy atom. The standard InChI is InChI=1S/C20H14N6O3/c1-29-20(28)15-3-2-4-16(19(15)26-17(12-23)14(10-21)11-22)25-18(27)9-13-5-7-24-8-6-13/h2-8,26H,9H2,1H3,(H,25,27). The Balaban J connectivity index is 2.45. The second-order valence-electron chi connectivity index (χ2n) is 5.51. The zero-order valence-electron chi connectivity index (χ0n) is 15.3. The van der Waals surface area contributed by atoms with Crippen LogP contribution in [0.1, 0.15) is 15.9 Å². The number of carbonyl (C=O) groups excluding carboxylic acids is 2. The van der Waals surface area contributed by atoms with Gasteiger partial charge in [0.05, 0.1) is 30.5 Å². The van der Waals surface area contributed by atoms with Gasteiger partial charge in [-0.25, -0.2) is 4.79 Å². The van der Waals surface area contributed by atoms with Crippen molar-refractivity contribution >= 4 is 23.3 Å². The van der Waals surface area contributed by atoms with E-state index in [1.165, 1.54) is 25.3 Å². The summed E-state index contributed by atoms with van der Waals surface area (Å²) in [7, 11) is 1.18. The van der Waals surface area contributed by atoms with Crippen LogP contribution in [0.3, 0.4) is 0 Å². The first-order chi connectivity index (χ1) is 14.0. The van der Waals surface area contributed by atoms with Crippen molar-refractivity contribution in [3.8, 4) is 18.2 Å². The number of allylic oxidation sites excluding steroid dienone is 2. The zero-order chi connectivity index (χ0) is 21.2. The highest BCUT2D eigenvalue weighted by molar-refractivity contribution is 6.03. The molecule has 29 heavy (non-hydrogen) atoms. The molecule has 9 nitrogen and oxygen atoms in total. The highest BCUT2D eigenvalue weighted by Gasteiger charge is 2.19. The average Bonchev–Trinajstić information content (AvgIpc) is 2.74. The number of nitriles is 3. The summed E-state index contributed by atoms with van der Waals surface area (Å²) in [5.74, 6) is -1.12. The molecular weight excluding hydrogens is 372 g/mol. The van der Waals surface area contributed by atoms with Crippen LogP contribution in [0.25, 0.3) is 0 Å². The van der Waals surface area contributed by atoms with Gasteiger partial charge in [-0.3, -0.25) is 9.78 Å². The van der Waals surface area contributed by atoms with Gasteiger partial charge in [-0.05, 0) is 29.8 Å². The molecule has 2 rings (SSSR count). The smallest absolute Gasteiger partial charge is 0.340 e. The third-order valence-electron chi connectivity index (χ3n) is 3.69. The number of hydrogen-bond acceptors (Lipinski definition) is 8. The molecule has 2 N–H and O–H groups in total. The average molecular weight is 386 g/mol. The summed E-state index contributed by atoms with van der Waals surface area (Å²) >= 11 is 0. The molecule has 0 fully saturated rings. The molecule has 0 aliphatic rings. The lowest BCUT2D eigenvalue weighted by atomic mass is 10.1. The van der Waals surface area contributed by atoms with Crippen molar-refractivity contribution in [2.24, 2.45) is 0 Å². The van der Waals surface area contributed by atoms with Crippen LogP contribution in [0.2, 0.25) is 0 Å². The van der Waals surface area contributed by atoms with Crippen molar-refractivity contribution < 1.29 is 14.3 Å². The Bertz CT molecular complexity index is 1070. The Kier molecular flexibility index (Phi) is 7.02. The molecule has 0 aliphatic carbocycles. The Labute approximate surface area is 166 Å². The number of nitrogens with one attached hydrogen (secondary N) is 2. The largest absolute Gasteiger partial charge is 0.465 e. The van der Waals surface area contributed by atoms with E-state index in [9.17, 15) is 14.9 Å². The van der Waals surface area contributed by atoms with Gasteiger partial charge >= 0.3 is 5.97 Å². The summed E-state index contributed by atoms with van der Waals surface area (Å²) in [6, 6.07) is 12.7. The van der Waals surface area contributed by atoms with Crippen molar-refractivity contribution in [1.29, 1.82) is 15.8 Å². The number of nitrogens with zero attached hydrogens (tertiary/aromatic N) is 4. The Morgan fingerprint density at radius 3 is 2.31 bits per heavy atom. The highest BCUT2D eigenvalue weighted by Crippen LogP contribution is 2.29. The molecule has 2 aromatic rings. The van der Waals surface area contributed by atoms with E-state index in [-0.39, 0.29) is 35.0 Å². The normalized spacial score (nSPS) is 9.17. The molecule has 0 saturated heterocycles. The number of hydrogen-bond donors (Lipinski definition) is 2. The van der Waals surface area contributed by atoms with Crippen LogP contribution in [-0.4, -0.2) is 24.0 Å². The van der Waals surface area contributed by atoms with Crippen molar-refractivity contribution in [2.45, 2.75) is 6.42 Å². The van der Waals surface area contributed by atoms with Crippen LogP contribution in [0.4, 0.5) is 11.4 Å². The molecule has 0 bridgehead atoms. The molecule has 1 aromatic heterocycles. The minimum Gasteiger partial charge on any atom is -0.465 e. The molecule has 142 valence electrons. The molecule has 0 unspecified atom stereocenters. The summed E-state index contributed by atoms with van der Waals surface area (Å²) in [5, 5.41) is 32.6. The number of ether oxygens (including phenoxy) is 1. The van der Waals surface area contributed by atoms with Gasteiger partial charge in [0.1, 0.15) is 23.9 Å². The summed E-state index contributed by atoms with van der Waals surface area (Å²) in [4.78, 5) is 28.4. The summed E-state index contributed by atoms with van der Waals surface area (Å²) in [6.07, 6.45) is 3.17. The van der Waals surface area contributed by atoms with Crippen LogP contribution in [0.5, 0.6) is 0 Å². The molecule has 0 atom stereocenters. The van der Waals surface area contributed by atoms with Gasteiger partial charge in [-0.2, -0.15) is 15.8 Å². The van der Waals surface area contributed by atoms with Crippen molar-refractivity contribution in [3.63, 3.8) is 0 Å². The number of carbonyl (C=O) groups is 2. The summed E-state index contributed by atoms with van der Waals surface area (Å²) in [6.45, 7) is 0. The van der Waals surface area contributed by atoms with Crippen LogP contribution < -0.4 is 10.6 Å². The van der Waals surface area contributed by atoms with E-state index in [0.29, 0.717) is 0 Å². The van der Waals surface area contributed by atoms with Crippen molar-refractivity contribution in [1.82, 2.24) is 4.98 Å². The molecular formula is C20H14N6O3. The monoisotopic (exact) mass is 386 g/mol. The van der Waals surface area contributed by atoms with Crippen LogP contribution >= 0.6 is 0 Å². The van der Waals surface area contributed by atoms with E-state index in [2.05, 4.69) is 15.6 Å². The first-order valence-corrected chi connectivity index (χ1v) is 8.15. The first-order valence-electron chi connectivity index (χ1n) is 8.15. The quantitative estimate of drug-likeness (QED) is 0.566. The SMILES string of the molecule is COC(=O)c1cccc(NC(=O)Cc2ccncc2)c1NC(C#N)=C(C#N)C#N. The van der Waals surface area contributed by atoms with E-state index < -0.39 is 11.5 Å². The lowest BCUT2D eigenvalue weighted by molar-refractivity contribution is -0.115. The topological polar surface area (TPSA) is 152 Å². The van der Waals surface area contributed by atoms with Crippen LogP contribution in [0.15, 0.2) is 54.0 Å². The minimum atomic E-state index is -0.731. The number of anilines is 2. The first kappa shape index (κ1) is 20.6. The molecule has 1 heterocycles. The van der Waals surface area contributed by atoms with Gasteiger partial charge in [0.2, 0.25) is 5.91 Å². The number of esters is 1. The van der Waals surface area contributed by atoms with E-state index >= 15 is 0 Å². The highest BCUT2D eigenvalue weighted by atomic mass is 16.5. The third-order valence-corrected chi connectivity index (χ3v) is 3.69. The number of amides is 1. The van der Waals surface area contributed by atoms with Gasteiger partial charge in [-0.1, -0.05) is 6.07 Å². The fourth-order valence-corrected chi connectivity index (χ4v) is 2.36. The summed E-state index contributed by atoms with van der Waals surface area (Å²) < 4.78 is 4.73.